The quantitative estimate of drug-likeness (QED) is 0.359. The topological polar surface area (TPSA) is 39.2 Å². The van der Waals surface area contributed by atoms with E-state index in [1.54, 1.807) is 0 Å². The molecule has 0 spiro atoms. The Morgan fingerprint density at radius 3 is 2.59 bits per heavy atom. The van der Waals surface area contributed by atoms with Crippen molar-refractivity contribution in [2.75, 3.05) is 0 Å². The summed E-state index contributed by atoms with van der Waals surface area (Å²) >= 11 is 0. The number of aromatic nitrogens is 1. The summed E-state index contributed by atoms with van der Waals surface area (Å²) in [6.07, 6.45) is 16.6. The summed E-state index contributed by atoms with van der Waals surface area (Å²) in [5.41, 5.74) is 1.16. The monoisotopic (exact) mass is 301 g/mol. The van der Waals surface area contributed by atoms with E-state index in [0.717, 1.165) is 44.2 Å². The summed E-state index contributed by atoms with van der Waals surface area (Å²) in [4.78, 5) is 15.1. The van der Waals surface area contributed by atoms with E-state index in [9.17, 15) is 4.79 Å². The number of carbonyl (C=O) groups excluding carboxylic acids is 1. The Bertz CT molecular complexity index is 466. The molecule has 1 atom stereocenters. The Labute approximate surface area is 134 Å². The first-order chi connectivity index (χ1) is 10.7. The number of ether oxygens (including phenoxy) is 1. The predicted molar refractivity (Wildman–Crippen MR) is 90.5 cm³/mol. The second-order valence-corrected chi connectivity index (χ2v) is 5.42. The first-order valence-electron chi connectivity index (χ1n) is 8.07. The van der Waals surface area contributed by atoms with E-state index in [4.69, 9.17) is 4.74 Å². The van der Waals surface area contributed by atoms with Crippen molar-refractivity contribution in [3.8, 4) is 0 Å². The van der Waals surface area contributed by atoms with Crippen LogP contribution >= 0.6 is 0 Å². The Hall–Kier alpha value is -1.90. The fourth-order valence-corrected chi connectivity index (χ4v) is 2.16. The van der Waals surface area contributed by atoms with Crippen molar-refractivity contribution in [3.63, 3.8) is 0 Å². The van der Waals surface area contributed by atoms with Crippen molar-refractivity contribution < 1.29 is 9.53 Å². The molecule has 120 valence electrons. The van der Waals surface area contributed by atoms with Gasteiger partial charge in [0.25, 0.3) is 0 Å². The molecule has 0 unspecified atom stereocenters. The average Bonchev–Trinajstić information content (AvgIpc) is 2.49. The number of pyridine rings is 1. The Morgan fingerprint density at radius 1 is 1.23 bits per heavy atom. The van der Waals surface area contributed by atoms with E-state index >= 15 is 0 Å². The van der Waals surface area contributed by atoms with Gasteiger partial charge in [-0.15, -0.1) is 0 Å². The van der Waals surface area contributed by atoms with Gasteiger partial charge in [0.15, 0.2) is 0 Å². The van der Waals surface area contributed by atoms with Crippen molar-refractivity contribution in [2.45, 2.75) is 58.5 Å². The number of hydrogen-bond acceptors (Lipinski definition) is 3. The van der Waals surface area contributed by atoms with Crippen LogP contribution in [-0.4, -0.2) is 17.1 Å². The lowest BCUT2D eigenvalue weighted by Crippen LogP contribution is -2.11. The molecular formula is C19H27NO2. The van der Waals surface area contributed by atoms with Crippen LogP contribution in [0.15, 0.2) is 48.7 Å². The van der Waals surface area contributed by atoms with Crippen LogP contribution < -0.4 is 0 Å². The Morgan fingerprint density at radius 2 is 1.95 bits per heavy atom. The minimum absolute atomic E-state index is 0.0213. The molecule has 0 N–H and O–H groups in total. The number of hydrogen-bond donors (Lipinski definition) is 0. The van der Waals surface area contributed by atoms with Crippen LogP contribution in [-0.2, 0) is 16.0 Å². The molecule has 0 aliphatic heterocycles. The summed E-state index contributed by atoms with van der Waals surface area (Å²) in [6.45, 7) is 3.39. The van der Waals surface area contributed by atoms with Crippen molar-refractivity contribution in [3.05, 3.63) is 54.4 Å². The van der Waals surface area contributed by atoms with E-state index in [1.807, 2.05) is 25.3 Å². The summed E-state index contributed by atoms with van der Waals surface area (Å²) in [5, 5.41) is 0. The van der Waals surface area contributed by atoms with Crippen molar-refractivity contribution >= 4 is 5.97 Å². The lowest BCUT2D eigenvalue weighted by molar-refractivity contribution is -0.145. The zero-order chi connectivity index (χ0) is 16.0. The molecule has 0 amide bonds. The first-order valence-corrected chi connectivity index (χ1v) is 8.07. The van der Waals surface area contributed by atoms with Gasteiger partial charge < -0.3 is 4.74 Å². The number of aryl methyl sites for hydroxylation is 1. The molecule has 1 aromatic heterocycles. The molecule has 3 nitrogen and oxygen atoms in total. The highest BCUT2D eigenvalue weighted by atomic mass is 16.5. The van der Waals surface area contributed by atoms with Gasteiger partial charge in [-0.3, -0.25) is 9.78 Å². The number of unbranched alkanes of at least 4 members (excludes halogenated alkanes) is 2. The molecule has 0 saturated heterocycles. The maximum atomic E-state index is 10.8. The van der Waals surface area contributed by atoms with Crippen LogP contribution in [0.3, 0.4) is 0 Å². The zero-order valence-corrected chi connectivity index (χ0v) is 13.7. The van der Waals surface area contributed by atoms with Gasteiger partial charge in [-0.05, 0) is 57.6 Å². The smallest absolute Gasteiger partial charge is 0.302 e. The second-order valence-electron chi connectivity index (χ2n) is 5.42. The van der Waals surface area contributed by atoms with Crippen LogP contribution in [0.4, 0.5) is 0 Å². The summed E-state index contributed by atoms with van der Waals surface area (Å²) < 4.78 is 5.08. The highest BCUT2D eigenvalue weighted by Gasteiger charge is 2.03. The highest BCUT2D eigenvalue weighted by Crippen LogP contribution is 2.06. The molecule has 1 rings (SSSR count). The first kappa shape index (κ1) is 18.1. The van der Waals surface area contributed by atoms with Gasteiger partial charge in [0.2, 0.25) is 0 Å². The summed E-state index contributed by atoms with van der Waals surface area (Å²) in [7, 11) is 0. The maximum absolute atomic E-state index is 10.8. The number of allylic oxidation sites excluding steroid dienone is 4. The van der Waals surface area contributed by atoms with Crippen molar-refractivity contribution in [1.82, 2.24) is 4.98 Å². The van der Waals surface area contributed by atoms with E-state index in [2.05, 4.69) is 35.4 Å². The van der Waals surface area contributed by atoms with Gasteiger partial charge in [0.1, 0.15) is 0 Å². The third-order valence-corrected chi connectivity index (χ3v) is 3.26. The number of rotatable bonds is 10. The molecule has 0 bridgehead atoms. The Kier molecular flexibility index (Phi) is 9.67. The lowest BCUT2D eigenvalue weighted by atomic mass is 10.1. The minimum atomic E-state index is -0.198. The number of nitrogens with zero attached hydrogens (tertiary/aromatic N) is 1. The molecule has 3 heteroatoms. The average molecular weight is 301 g/mol. The highest BCUT2D eigenvalue weighted by molar-refractivity contribution is 5.66. The molecular weight excluding hydrogens is 274 g/mol. The third kappa shape index (κ3) is 9.92. The molecule has 1 heterocycles. The van der Waals surface area contributed by atoms with Gasteiger partial charge >= 0.3 is 5.97 Å². The second kappa shape index (κ2) is 11.7. The van der Waals surface area contributed by atoms with E-state index < -0.39 is 0 Å². The van der Waals surface area contributed by atoms with E-state index in [-0.39, 0.29) is 12.1 Å². The largest absolute Gasteiger partial charge is 0.463 e. The molecule has 0 fully saturated rings. The molecule has 0 radical (unpaired) electrons. The fourth-order valence-electron chi connectivity index (χ4n) is 2.16. The SMILES string of the molecule is CC(=O)O[C@H](C)CCCC=CC=CCCCc1ccccn1. The molecule has 0 aromatic carbocycles. The van der Waals surface area contributed by atoms with Crippen LogP contribution in [0.5, 0.6) is 0 Å². The van der Waals surface area contributed by atoms with Crippen LogP contribution in [0.25, 0.3) is 0 Å². The van der Waals surface area contributed by atoms with Crippen molar-refractivity contribution in [1.29, 1.82) is 0 Å². The van der Waals surface area contributed by atoms with Gasteiger partial charge in [-0.1, -0.05) is 30.4 Å². The van der Waals surface area contributed by atoms with Crippen LogP contribution in [0.1, 0.15) is 51.6 Å². The van der Waals surface area contributed by atoms with Crippen LogP contribution in [0, 0.1) is 0 Å². The predicted octanol–water partition coefficient (Wildman–Crippen LogP) is 4.64. The standard InChI is InChI=1S/C19H27NO2/c1-17(22-18(2)21)13-9-7-5-3-4-6-8-10-14-19-15-11-12-16-20-19/h3-6,11-12,15-17H,7-10,13-14H2,1-2H3/t17-/m1/s1. The number of esters is 1. The van der Waals surface area contributed by atoms with E-state index in [1.165, 1.54) is 6.92 Å². The lowest BCUT2D eigenvalue weighted by Gasteiger charge is -2.10. The molecule has 1 aromatic rings. The van der Waals surface area contributed by atoms with Crippen LogP contribution in [0.2, 0.25) is 0 Å². The van der Waals surface area contributed by atoms with E-state index in [0.29, 0.717) is 0 Å². The molecule has 0 aliphatic carbocycles. The Balaban J connectivity index is 2.00. The third-order valence-electron chi connectivity index (χ3n) is 3.26. The van der Waals surface area contributed by atoms with Gasteiger partial charge in [-0.25, -0.2) is 0 Å². The van der Waals surface area contributed by atoms with Gasteiger partial charge in [-0.2, -0.15) is 0 Å². The summed E-state index contributed by atoms with van der Waals surface area (Å²) in [6, 6.07) is 6.05. The molecule has 22 heavy (non-hydrogen) atoms. The maximum Gasteiger partial charge on any atom is 0.302 e. The normalized spacial score (nSPS) is 12.8. The molecule has 0 aliphatic rings. The fraction of sp³-hybridized carbons (Fsp3) is 0.474. The number of carbonyl (C=O) groups is 1. The summed E-state index contributed by atoms with van der Waals surface area (Å²) in [5.74, 6) is -0.198. The van der Waals surface area contributed by atoms with Crippen molar-refractivity contribution in [2.24, 2.45) is 0 Å². The van der Waals surface area contributed by atoms with Gasteiger partial charge in [0, 0.05) is 18.8 Å². The minimum Gasteiger partial charge on any atom is -0.463 e. The zero-order valence-electron chi connectivity index (χ0n) is 13.7. The van der Waals surface area contributed by atoms with Gasteiger partial charge in [0.05, 0.1) is 6.10 Å². The molecule has 0 saturated carbocycles.